The first kappa shape index (κ1) is 4.86. The van der Waals surface area contributed by atoms with Gasteiger partial charge in [0.05, 0.1) is 0 Å². The summed E-state index contributed by atoms with van der Waals surface area (Å²) in [6.45, 7) is 0. The van der Waals surface area contributed by atoms with E-state index in [1.165, 1.54) is 0 Å². The average Bonchev–Trinajstić information content (AvgIpc) is 1.69. The Balaban J connectivity index is 3.02. The third-order valence-electron chi connectivity index (χ3n) is 0.739. The van der Waals surface area contributed by atoms with Crippen LogP contribution in [-0.4, -0.2) is 17.1 Å². The Bertz CT molecular complexity index is 138. The number of hydrogen-bond acceptors (Lipinski definition) is 0. The molecule has 36 valence electrons. The number of aromatic nitrogens is 1. The van der Waals surface area contributed by atoms with Gasteiger partial charge in [0.25, 0.3) is 0 Å². The van der Waals surface area contributed by atoms with Gasteiger partial charge in [0.15, 0.2) is 0 Å². The van der Waals surface area contributed by atoms with E-state index >= 15 is 0 Å². The molecule has 7 heavy (non-hydrogen) atoms. The van der Waals surface area contributed by atoms with Crippen molar-refractivity contribution in [2.24, 2.45) is 0 Å². The Labute approximate surface area is 51.7 Å². The van der Waals surface area contributed by atoms with E-state index in [-0.39, 0.29) is 0 Å². The van der Waals surface area contributed by atoms with Crippen LogP contribution in [0.1, 0.15) is 0 Å². The van der Waals surface area contributed by atoms with Crippen molar-refractivity contribution >= 4 is 17.1 Å². The van der Waals surface area contributed by atoms with E-state index in [0.717, 1.165) is 0 Å². The van der Waals surface area contributed by atoms with Crippen molar-refractivity contribution < 1.29 is 3.48 Å². The molecule has 0 saturated carbocycles. The molecule has 2 heteroatoms. The molecule has 1 aromatic rings. The van der Waals surface area contributed by atoms with Gasteiger partial charge in [0.1, 0.15) is 0 Å². The molecule has 1 unspecified atom stereocenters. The molecule has 0 amide bonds. The molecule has 0 fully saturated rings. The van der Waals surface area contributed by atoms with Gasteiger partial charge in [-0.3, -0.25) is 0 Å². The Morgan fingerprint density at radius 1 is 1.00 bits per heavy atom. The second-order valence-corrected chi connectivity index (χ2v) is 2.57. The van der Waals surface area contributed by atoms with Crippen LogP contribution in [0.2, 0.25) is 0 Å². The Kier molecular flexibility index (Phi) is 1.48. The average molecular weight is 156 g/mol. The third kappa shape index (κ3) is 1.32. The van der Waals surface area contributed by atoms with Crippen molar-refractivity contribution in [1.29, 1.82) is 0 Å². The zero-order valence-electron chi connectivity index (χ0n) is 3.91. The number of nitrogens with zero attached hydrogens (tertiary/aromatic N) is 1. The minimum atomic E-state index is 1.59. The molecule has 0 aliphatic rings. The molecule has 1 rings (SSSR count). The Morgan fingerprint density at radius 3 is 1.86 bits per heavy atom. The van der Waals surface area contributed by atoms with E-state index in [2.05, 4.69) is 3.48 Å². The van der Waals surface area contributed by atoms with Gasteiger partial charge in [0, 0.05) is 0 Å². The number of hydrogen-bond donors (Lipinski definition) is 0. The molecular weight excluding hydrogens is 149 g/mol. The van der Waals surface area contributed by atoms with Crippen LogP contribution in [-0.2, 0) is 0 Å². The maximum atomic E-state index is 2.06. The molecule has 0 bridgehead atoms. The van der Waals surface area contributed by atoms with E-state index in [9.17, 15) is 0 Å². The van der Waals surface area contributed by atoms with Gasteiger partial charge in [0.2, 0.25) is 0 Å². The first-order valence-electron chi connectivity index (χ1n) is 2.11. The van der Waals surface area contributed by atoms with E-state index in [0.29, 0.717) is 0 Å². The summed E-state index contributed by atoms with van der Waals surface area (Å²) in [6, 6.07) is 6.04. The summed E-state index contributed by atoms with van der Waals surface area (Å²) in [5.74, 6) is 0. The van der Waals surface area contributed by atoms with Crippen LogP contribution in [0.4, 0.5) is 0 Å². The summed E-state index contributed by atoms with van der Waals surface area (Å²) in [7, 11) is 0. The molecule has 0 N–H and O–H groups in total. The van der Waals surface area contributed by atoms with Gasteiger partial charge in [-0.15, -0.1) is 0 Å². The summed E-state index contributed by atoms with van der Waals surface area (Å²) < 4.78 is 2.06. The summed E-state index contributed by atoms with van der Waals surface area (Å²) in [5, 5.41) is 0. The third-order valence-corrected chi connectivity index (χ3v) is 1.46. The van der Waals surface area contributed by atoms with Crippen molar-refractivity contribution in [3.63, 3.8) is 0 Å². The quantitative estimate of drug-likeness (QED) is 0.440. The summed E-state index contributed by atoms with van der Waals surface area (Å²) >= 11 is 1.59. The van der Waals surface area contributed by atoms with Crippen molar-refractivity contribution in [2.45, 2.75) is 0 Å². The van der Waals surface area contributed by atoms with Crippen LogP contribution in [0.25, 0.3) is 0 Å². The fourth-order valence-corrected chi connectivity index (χ4v) is 0.829. The first-order chi connectivity index (χ1) is 3.39. The molecule has 1 heterocycles. The van der Waals surface area contributed by atoms with Crippen LogP contribution in [0.5, 0.6) is 0 Å². The molecule has 1 aromatic heterocycles. The predicted molar refractivity (Wildman–Crippen MR) is 30.6 cm³/mol. The zero-order valence-corrected chi connectivity index (χ0v) is 6.33. The zero-order chi connectivity index (χ0) is 5.11. The SMILES string of the molecule is [AsH2][n+]1ccccc1. The van der Waals surface area contributed by atoms with E-state index in [1.807, 2.05) is 30.6 Å². The predicted octanol–water partition coefficient (Wildman–Crippen LogP) is -0.630. The molecule has 0 aliphatic heterocycles. The van der Waals surface area contributed by atoms with E-state index in [4.69, 9.17) is 0 Å². The fourth-order valence-electron chi connectivity index (χ4n) is 0.412. The number of rotatable bonds is 0. The molecule has 0 saturated heterocycles. The van der Waals surface area contributed by atoms with Crippen molar-refractivity contribution in [2.75, 3.05) is 0 Å². The van der Waals surface area contributed by atoms with Gasteiger partial charge in [-0.2, -0.15) is 0 Å². The first-order valence-corrected chi connectivity index (χ1v) is 3.19. The molecule has 0 radical (unpaired) electrons. The molecule has 0 aliphatic carbocycles. The summed E-state index contributed by atoms with van der Waals surface area (Å²) in [6.07, 6.45) is 4.06. The Morgan fingerprint density at radius 2 is 1.57 bits per heavy atom. The van der Waals surface area contributed by atoms with Crippen molar-refractivity contribution in [3.8, 4) is 0 Å². The molecule has 0 aromatic carbocycles. The second-order valence-electron chi connectivity index (χ2n) is 1.32. The van der Waals surface area contributed by atoms with Crippen molar-refractivity contribution in [1.82, 2.24) is 0 Å². The van der Waals surface area contributed by atoms with Gasteiger partial charge < -0.3 is 0 Å². The van der Waals surface area contributed by atoms with Gasteiger partial charge in [-0.05, 0) is 0 Å². The standard InChI is InChI=1S/C5H7AsN/c6-7-4-2-1-3-5-7/h1-5H,6H2/q+1. The van der Waals surface area contributed by atoms with Crippen LogP contribution in [0.15, 0.2) is 30.6 Å². The van der Waals surface area contributed by atoms with Gasteiger partial charge in [-0.1, -0.05) is 0 Å². The maximum absolute atomic E-state index is 2.06. The molecule has 1 nitrogen and oxygen atoms in total. The minimum absolute atomic E-state index is 1.59. The van der Waals surface area contributed by atoms with E-state index < -0.39 is 0 Å². The van der Waals surface area contributed by atoms with Crippen molar-refractivity contribution in [3.05, 3.63) is 30.6 Å². The Hall–Kier alpha value is -0.292. The summed E-state index contributed by atoms with van der Waals surface area (Å²) in [5.41, 5.74) is 0. The van der Waals surface area contributed by atoms with Gasteiger partial charge >= 0.3 is 51.2 Å². The summed E-state index contributed by atoms with van der Waals surface area (Å²) in [4.78, 5) is 0. The molecular formula is C5H7AsN+. The topological polar surface area (TPSA) is 3.88 Å². The molecule has 1 atom stereocenters. The van der Waals surface area contributed by atoms with E-state index in [1.54, 1.807) is 17.1 Å². The molecule has 0 spiro atoms. The second kappa shape index (κ2) is 2.13. The van der Waals surface area contributed by atoms with Crippen LogP contribution in [0.3, 0.4) is 0 Å². The monoisotopic (exact) mass is 156 g/mol. The fraction of sp³-hybridized carbons (Fsp3) is 0. The number of pyridine rings is 1. The van der Waals surface area contributed by atoms with Crippen LogP contribution >= 0.6 is 0 Å². The normalized spacial score (nSPS) is 8.71. The van der Waals surface area contributed by atoms with Crippen LogP contribution in [0, 0.1) is 0 Å². The van der Waals surface area contributed by atoms with Gasteiger partial charge in [-0.25, -0.2) is 0 Å². The van der Waals surface area contributed by atoms with Crippen LogP contribution < -0.4 is 3.48 Å².